The lowest BCUT2D eigenvalue weighted by molar-refractivity contribution is 0.0975. The molecule has 25 heavy (non-hydrogen) atoms. The molecule has 1 aromatic heterocycles. The van der Waals surface area contributed by atoms with E-state index in [1.807, 2.05) is 0 Å². The lowest BCUT2D eigenvalue weighted by Crippen LogP contribution is -2.34. The maximum atomic E-state index is 12.4. The van der Waals surface area contributed by atoms with Crippen molar-refractivity contribution in [2.45, 2.75) is 25.7 Å². The number of thiocarbonyl (C=S) groups is 1. The second kappa shape index (κ2) is 7.64. The third kappa shape index (κ3) is 3.65. The number of hydrogen-bond acceptors (Lipinski definition) is 5. The average molecular weight is 371 g/mol. The first-order valence-corrected chi connectivity index (χ1v) is 9.16. The summed E-state index contributed by atoms with van der Waals surface area (Å²) in [6.07, 6.45) is 4.17. The molecule has 1 aromatic carbocycles. The number of aryl methyl sites for hydroxylation is 1. The van der Waals surface area contributed by atoms with Crippen LogP contribution in [0.3, 0.4) is 0 Å². The molecule has 0 saturated carbocycles. The Morgan fingerprint density at radius 3 is 2.84 bits per heavy atom. The van der Waals surface area contributed by atoms with E-state index in [1.165, 1.54) is 12.0 Å². The average Bonchev–Trinajstić information content (AvgIpc) is 2.98. The highest BCUT2D eigenvalue weighted by atomic mass is 32.1. The van der Waals surface area contributed by atoms with Crippen LogP contribution in [0.15, 0.2) is 24.3 Å². The molecule has 0 saturated heterocycles. The van der Waals surface area contributed by atoms with E-state index in [0.29, 0.717) is 21.9 Å². The molecule has 2 aromatic rings. The zero-order valence-corrected chi connectivity index (χ0v) is 15.4. The van der Waals surface area contributed by atoms with Gasteiger partial charge >= 0.3 is 0 Å². The Labute approximate surface area is 155 Å². The van der Waals surface area contributed by atoms with Crippen LogP contribution in [0.1, 0.15) is 39.2 Å². The van der Waals surface area contributed by atoms with E-state index in [1.54, 1.807) is 35.6 Å². The largest absolute Gasteiger partial charge is 0.496 e. The summed E-state index contributed by atoms with van der Waals surface area (Å²) in [7, 11) is 1.51. The normalized spacial score (nSPS) is 12.6. The number of nitriles is 1. The van der Waals surface area contributed by atoms with Crippen molar-refractivity contribution in [3.8, 4) is 11.8 Å². The van der Waals surface area contributed by atoms with Crippen LogP contribution in [0.5, 0.6) is 5.75 Å². The number of methoxy groups -OCH3 is 1. The number of anilines is 1. The molecule has 3 rings (SSSR count). The zero-order valence-electron chi connectivity index (χ0n) is 13.7. The minimum absolute atomic E-state index is 0.172. The molecule has 0 fully saturated rings. The smallest absolute Gasteiger partial charge is 0.261 e. The summed E-state index contributed by atoms with van der Waals surface area (Å²) in [5.41, 5.74) is 2.17. The summed E-state index contributed by atoms with van der Waals surface area (Å²) >= 11 is 6.80. The lowest BCUT2D eigenvalue weighted by atomic mass is 9.96. The third-order valence-corrected chi connectivity index (χ3v) is 5.50. The van der Waals surface area contributed by atoms with Crippen LogP contribution in [0.2, 0.25) is 0 Å². The topological polar surface area (TPSA) is 74.2 Å². The molecule has 1 aliphatic rings. The van der Waals surface area contributed by atoms with Gasteiger partial charge in [0.15, 0.2) is 5.11 Å². The van der Waals surface area contributed by atoms with Crippen LogP contribution in [0.25, 0.3) is 0 Å². The number of thiophene rings is 1. The molecule has 1 heterocycles. The van der Waals surface area contributed by atoms with Crippen molar-refractivity contribution in [1.29, 1.82) is 5.26 Å². The quantitative estimate of drug-likeness (QED) is 0.806. The van der Waals surface area contributed by atoms with Gasteiger partial charge in [0.2, 0.25) is 0 Å². The highest BCUT2D eigenvalue weighted by Crippen LogP contribution is 2.37. The number of fused-ring (bicyclic) bond motifs is 1. The highest BCUT2D eigenvalue weighted by molar-refractivity contribution is 7.80. The minimum Gasteiger partial charge on any atom is -0.496 e. The highest BCUT2D eigenvalue weighted by Gasteiger charge is 2.21. The number of nitrogens with zero attached hydrogens (tertiary/aromatic N) is 1. The van der Waals surface area contributed by atoms with Crippen LogP contribution in [0.4, 0.5) is 5.00 Å². The molecule has 0 spiro atoms. The number of nitrogens with one attached hydrogen (secondary N) is 2. The fourth-order valence-corrected chi connectivity index (χ4v) is 4.41. The molecule has 0 atom stereocenters. The molecule has 128 valence electrons. The number of para-hydroxylation sites is 1. The Morgan fingerprint density at radius 2 is 2.08 bits per heavy atom. The van der Waals surface area contributed by atoms with Crippen LogP contribution >= 0.6 is 23.6 Å². The first-order chi connectivity index (χ1) is 12.1. The van der Waals surface area contributed by atoms with Crippen molar-refractivity contribution < 1.29 is 9.53 Å². The molecule has 0 aliphatic heterocycles. The van der Waals surface area contributed by atoms with Crippen molar-refractivity contribution in [2.24, 2.45) is 0 Å². The van der Waals surface area contributed by atoms with E-state index in [0.717, 1.165) is 31.2 Å². The summed E-state index contributed by atoms with van der Waals surface area (Å²) < 4.78 is 5.19. The van der Waals surface area contributed by atoms with Crippen molar-refractivity contribution in [3.05, 3.63) is 45.8 Å². The maximum Gasteiger partial charge on any atom is 0.261 e. The van der Waals surface area contributed by atoms with E-state index in [-0.39, 0.29) is 11.0 Å². The summed E-state index contributed by atoms with van der Waals surface area (Å²) in [6.45, 7) is 0. The number of benzene rings is 1. The van der Waals surface area contributed by atoms with Crippen LogP contribution in [-0.4, -0.2) is 18.1 Å². The monoisotopic (exact) mass is 371 g/mol. The molecule has 2 N–H and O–H groups in total. The van der Waals surface area contributed by atoms with E-state index in [2.05, 4.69) is 16.7 Å². The Kier molecular flexibility index (Phi) is 5.31. The molecule has 0 unspecified atom stereocenters. The summed E-state index contributed by atoms with van der Waals surface area (Å²) in [6, 6.07) is 9.20. The Bertz CT molecular complexity index is 868. The van der Waals surface area contributed by atoms with E-state index in [9.17, 15) is 10.1 Å². The van der Waals surface area contributed by atoms with Crippen molar-refractivity contribution in [1.82, 2.24) is 5.32 Å². The van der Waals surface area contributed by atoms with Crippen molar-refractivity contribution in [3.63, 3.8) is 0 Å². The molecular formula is C18H17N3O2S2. The second-order valence-electron chi connectivity index (χ2n) is 5.64. The number of ether oxygens (including phenoxy) is 1. The first kappa shape index (κ1) is 17.4. The van der Waals surface area contributed by atoms with E-state index >= 15 is 0 Å². The van der Waals surface area contributed by atoms with Gasteiger partial charge in [0, 0.05) is 4.88 Å². The molecule has 0 radical (unpaired) electrons. The molecule has 5 nitrogen and oxygen atoms in total. The Balaban J connectivity index is 1.74. The standard InChI is InChI=1S/C18H17N3O2S2/c1-23-14-8-4-2-7-12(14)16(22)20-18(24)21-17-13(10-19)11-6-3-5-9-15(11)25-17/h2,4,7-8H,3,5-6,9H2,1H3,(H2,20,21,22,24). The second-order valence-corrected chi connectivity index (χ2v) is 7.15. The third-order valence-electron chi connectivity index (χ3n) is 4.09. The number of rotatable bonds is 3. The summed E-state index contributed by atoms with van der Waals surface area (Å²) in [5.74, 6) is 0.127. The maximum absolute atomic E-state index is 12.4. The fraction of sp³-hybridized carbons (Fsp3) is 0.278. The predicted molar refractivity (Wildman–Crippen MR) is 102 cm³/mol. The van der Waals surface area contributed by atoms with Crippen LogP contribution < -0.4 is 15.4 Å². The van der Waals surface area contributed by atoms with Crippen molar-refractivity contribution >= 4 is 39.6 Å². The number of hydrogen-bond donors (Lipinski definition) is 2. The fourth-order valence-electron chi connectivity index (χ4n) is 2.91. The summed E-state index contributed by atoms with van der Waals surface area (Å²) in [4.78, 5) is 13.6. The summed E-state index contributed by atoms with van der Waals surface area (Å²) in [5, 5.41) is 16.0. The van der Waals surface area contributed by atoms with Gasteiger partial charge in [-0.25, -0.2) is 0 Å². The van der Waals surface area contributed by atoms with Gasteiger partial charge in [-0.3, -0.25) is 10.1 Å². The zero-order chi connectivity index (χ0) is 17.8. The molecular weight excluding hydrogens is 354 g/mol. The van der Waals surface area contributed by atoms with Gasteiger partial charge < -0.3 is 10.1 Å². The molecule has 1 amide bonds. The van der Waals surface area contributed by atoms with Gasteiger partial charge in [0.25, 0.3) is 5.91 Å². The Hall–Kier alpha value is -2.43. The first-order valence-electron chi connectivity index (χ1n) is 7.94. The lowest BCUT2D eigenvalue weighted by Gasteiger charge is -2.11. The number of amides is 1. The number of carbonyl (C=O) groups is 1. The predicted octanol–water partition coefficient (Wildman–Crippen LogP) is 3.63. The molecule has 1 aliphatic carbocycles. The van der Waals surface area contributed by atoms with Gasteiger partial charge in [-0.1, -0.05) is 12.1 Å². The van der Waals surface area contributed by atoms with Crippen LogP contribution in [-0.2, 0) is 12.8 Å². The molecule has 0 bridgehead atoms. The Morgan fingerprint density at radius 1 is 1.32 bits per heavy atom. The van der Waals surface area contributed by atoms with Gasteiger partial charge in [-0.2, -0.15) is 5.26 Å². The number of carbonyl (C=O) groups excluding carboxylic acids is 1. The van der Waals surface area contributed by atoms with Crippen molar-refractivity contribution in [2.75, 3.05) is 12.4 Å². The molecule has 7 heteroatoms. The van der Waals surface area contributed by atoms with Gasteiger partial charge in [-0.05, 0) is 55.6 Å². The van der Waals surface area contributed by atoms with E-state index in [4.69, 9.17) is 17.0 Å². The van der Waals surface area contributed by atoms with Gasteiger partial charge in [0.05, 0.1) is 18.2 Å². The SMILES string of the molecule is COc1ccccc1C(=O)NC(=S)Nc1sc2c(c1C#N)CCCC2. The minimum atomic E-state index is -0.352. The van der Waals surface area contributed by atoms with Gasteiger partial charge in [-0.15, -0.1) is 11.3 Å². The van der Waals surface area contributed by atoms with E-state index < -0.39 is 0 Å². The van der Waals surface area contributed by atoms with Crippen LogP contribution in [0, 0.1) is 11.3 Å². The van der Waals surface area contributed by atoms with Gasteiger partial charge in [0.1, 0.15) is 16.8 Å².